The van der Waals surface area contributed by atoms with Gasteiger partial charge in [-0.2, -0.15) is 0 Å². The molecule has 0 saturated heterocycles. The zero-order valence-corrected chi connectivity index (χ0v) is 33.2. The maximum Gasteiger partial charge on any atom is 0.235 e. The lowest BCUT2D eigenvalue weighted by molar-refractivity contribution is 0.736. The zero-order valence-electron chi connectivity index (χ0n) is 33.2. The molecule has 0 aliphatic heterocycles. The average molecular weight is 777 g/mol. The van der Waals surface area contributed by atoms with E-state index in [9.17, 15) is 0 Å². The highest BCUT2D eigenvalue weighted by Crippen LogP contribution is 2.55. The molecule has 3 aromatic heterocycles. The second-order valence-corrected chi connectivity index (χ2v) is 16.8. The normalized spacial score (nSPS) is 14.3. The largest absolute Gasteiger partial charge is 0.309 e. The SMILES string of the molecule is c1ccc(-n2c3ccccc3c3ccc(-c4nc(-n5c6ccccc6c6cc7c8c(c65)-c5c(ccc6ccccc56)C(CC8)c5ccccc5-7)nc5ccccc45)cc32)cc1. The molecule has 0 saturated carbocycles. The van der Waals surface area contributed by atoms with E-state index in [1.165, 1.54) is 82.3 Å². The molecule has 9 aromatic carbocycles. The summed E-state index contributed by atoms with van der Waals surface area (Å²) in [5.41, 5.74) is 18.3. The van der Waals surface area contributed by atoms with E-state index in [4.69, 9.17) is 9.97 Å². The van der Waals surface area contributed by atoms with Gasteiger partial charge in [0.2, 0.25) is 5.95 Å². The van der Waals surface area contributed by atoms with Gasteiger partial charge in [0.25, 0.3) is 0 Å². The lowest BCUT2D eigenvalue weighted by Crippen LogP contribution is -2.07. The van der Waals surface area contributed by atoms with Gasteiger partial charge in [-0.3, -0.25) is 4.57 Å². The number of benzene rings is 9. The Balaban J connectivity index is 1.12. The minimum Gasteiger partial charge on any atom is -0.309 e. The average Bonchev–Trinajstić information content (AvgIpc) is 3.69. The first kappa shape index (κ1) is 33.1. The van der Waals surface area contributed by atoms with Gasteiger partial charge >= 0.3 is 0 Å². The van der Waals surface area contributed by atoms with Crippen LogP contribution in [0.2, 0.25) is 0 Å². The predicted octanol–water partition coefficient (Wildman–Crippen LogP) is 14.4. The van der Waals surface area contributed by atoms with Crippen molar-refractivity contribution in [2.75, 3.05) is 0 Å². The molecule has 284 valence electrons. The first-order valence-corrected chi connectivity index (χ1v) is 21.3. The minimum absolute atomic E-state index is 0.290. The highest BCUT2D eigenvalue weighted by molar-refractivity contribution is 6.19. The first-order chi connectivity index (χ1) is 30.3. The van der Waals surface area contributed by atoms with E-state index in [1.54, 1.807) is 0 Å². The molecule has 4 nitrogen and oxygen atoms in total. The van der Waals surface area contributed by atoms with Crippen LogP contribution < -0.4 is 0 Å². The molecule has 0 amide bonds. The van der Waals surface area contributed by atoms with Crippen molar-refractivity contribution >= 4 is 65.3 Å². The van der Waals surface area contributed by atoms with Crippen molar-refractivity contribution in [2.24, 2.45) is 0 Å². The van der Waals surface area contributed by atoms with E-state index in [0.29, 0.717) is 11.9 Å². The standard InChI is InChI=1S/C57H36N4/c1-2-15-36(16-3-1)60-50-24-12-9-20-41(50)43-28-27-35(32-52(43)60)55-46-22-8-11-23-49(46)58-57(59-55)61-51-25-13-10-21-42(51)48-33-47-39-19-7-6-18-38(39)40-30-31-45(47)54(56(48)61)53-37-17-5-4-14-34(37)26-29-44(40)53/h1-29,32-33,40H,30-31H2. The third-order valence-electron chi connectivity index (χ3n) is 13.7. The highest BCUT2D eigenvalue weighted by Gasteiger charge is 2.35. The molecule has 0 radical (unpaired) electrons. The second kappa shape index (κ2) is 12.4. The third-order valence-corrected chi connectivity index (χ3v) is 13.7. The predicted molar refractivity (Wildman–Crippen MR) is 252 cm³/mol. The van der Waals surface area contributed by atoms with Crippen molar-refractivity contribution in [1.29, 1.82) is 0 Å². The Kier molecular flexibility index (Phi) is 6.70. The van der Waals surface area contributed by atoms with E-state index >= 15 is 0 Å². The summed E-state index contributed by atoms with van der Waals surface area (Å²) in [5.74, 6) is 0.970. The molecule has 1 unspecified atom stereocenters. The molecule has 12 aromatic rings. The van der Waals surface area contributed by atoms with Crippen LogP contribution in [0, 0.1) is 0 Å². The number of fused-ring (bicyclic) bond motifs is 18. The molecule has 2 aliphatic rings. The van der Waals surface area contributed by atoms with Gasteiger partial charge < -0.3 is 4.57 Å². The van der Waals surface area contributed by atoms with Crippen LogP contribution >= 0.6 is 0 Å². The quantitative estimate of drug-likeness (QED) is 0.179. The van der Waals surface area contributed by atoms with Gasteiger partial charge in [-0.1, -0.05) is 146 Å². The topological polar surface area (TPSA) is 35.6 Å². The Morgan fingerprint density at radius 1 is 0.443 bits per heavy atom. The lowest BCUT2D eigenvalue weighted by Gasteiger charge is -2.26. The summed E-state index contributed by atoms with van der Waals surface area (Å²) in [5, 5.41) is 8.47. The van der Waals surface area contributed by atoms with Crippen molar-refractivity contribution in [3.63, 3.8) is 0 Å². The van der Waals surface area contributed by atoms with Crippen LogP contribution in [-0.4, -0.2) is 19.1 Å². The number of para-hydroxylation sites is 4. The van der Waals surface area contributed by atoms with E-state index in [1.807, 2.05) is 0 Å². The van der Waals surface area contributed by atoms with Gasteiger partial charge in [-0.25, -0.2) is 9.97 Å². The molecule has 4 heteroatoms. The Morgan fingerprint density at radius 3 is 2.00 bits per heavy atom. The molecule has 0 N–H and O–H groups in total. The van der Waals surface area contributed by atoms with Gasteiger partial charge in [0.15, 0.2) is 0 Å². The number of aromatic nitrogens is 4. The van der Waals surface area contributed by atoms with Gasteiger partial charge in [0, 0.05) is 49.7 Å². The molecular formula is C57H36N4. The zero-order chi connectivity index (χ0) is 39.8. The summed E-state index contributed by atoms with van der Waals surface area (Å²) in [6.07, 6.45) is 2.05. The first-order valence-electron chi connectivity index (χ1n) is 21.3. The maximum atomic E-state index is 5.70. The molecule has 14 rings (SSSR count). The highest BCUT2D eigenvalue weighted by atomic mass is 15.2. The van der Waals surface area contributed by atoms with Gasteiger partial charge in [-0.05, 0) is 99.5 Å². The van der Waals surface area contributed by atoms with Crippen LogP contribution in [0.1, 0.15) is 29.0 Å². The van der Waals surface area contributed by atoms with E-state index in [0.717, 1.165) is 51.7 Å². The van der Waals surface area contributed by atoms with Gasteiger partial charge in [0.1, 0.15) is 0 Å². The van der Waals surface area contributed by atoms with Crippen molar-refractivity contribution in [3.05, 3.63) is 205 Å². The smallest absolute Gasteiger partial charge is 0.235 e. The van der Waals surface area contributed by atoms with E-state index in [-0.39, 0.29) is 0 Å². The molecule has 3 heterocycles. The van der Waals surface area contributed by atoms with Crippen LogP contribution in [0.4, 0.5) is 0 Å². The summed E-state index contributed by atoms with van der Waals surface area (Å²) in [6.45, 7) is 0. The molecule has 0 spiro atoms. The number of hydrogen-bond donors (Lipinski definition) is 0. The molecule has 1 atom stereocenters. The van der Waals surface area contributed by atoms with E-state index in [2.05, 4.69) is 197 Å². The summed E-state index contributed by atoms with van der Waals surface area (Å²) >= 11 is 0. The molecule has 0 fully saturated rings. The number of hydrogen-bond acceptors (Lipinski definition) is 2. The fraction of sp³-hybridized carbons (Fsp3) is 0.0526. The fourth-order valence-corrected chi connectivity index (χ4v) is 11.2. The maximum absolute atomic E-state index is 5.70. The lowest BCUT2D eigenvalue weighted by atomic mass is 9.78. The monoisotopic (exact) mass is 776 g/mol. The van der Waals surface area contributed by atoms with Crippen molar-refractivity contribution in [2.45, 2.75) is 18.8 Å². The molecule has 2 aliphatic carbocycles. The van der Waals surface area contributed by atoms with Gasteiger partial charge in [-0.15, -0.1) is 0 Å². The van der Waals surface area contributed by atoms with E-state index < -0.39 is 0 Å². The Morgan fingerprint density at radius 2 is 1.13 bits per heavy atom. The van der Waals surface area contributed by atoms with Gasteiger partial charge in [0.05, 0.1) is 33.3 Å². The Labute approximate surface area is 351 Å². The Bertz CT molecular complexity index is 3830. The van der Waals surface area contributed by atoms with Crippen molar-refractivity contribution in [3.8, 4) is 45.1 Å². The molecule has 2 bridgehead atoms. The summed E-state index contributed by atoms with van der Waals surface area (Å²) in [6, 6.07) is 68.9. The van der Waals surface area contributed by atoms with Crippen LogP contribution in [0.15, 0.2) is 188 Å². The third kappa shape index (κ3) is 4.54. The summed E-state index contributed by atoms with van der Waals surface area (Å²) in [7, 11) is 0. The molecular weight excluding hydrogens is 741 g/mol. The van der Waals surface area contributed by atoms with Crippen LogP contribution in [0.5, 0.6) is 0 Å². The van der Waals surface area contributed by atoms with Crippen LogP contribution in [-0.2, 0) is 6.42 Å². The Hall–Kier alpha value is -7.82. The molecule has 61 heavy (non-hydrogen) atoms. The second-order valence-electron chi connectivity index (χ2n) is 16.8. The van der Waals surface area contributed by atoms with Crippen molar-refractivity contribution in [1.82, 2.24) is 19.1 Å². The number of nitrogens with zero attached hydrogens (tertiary/aromatic N) is 4. The minimum atomic E-state index is 0.290. The van der Waals surface area contributed by atoms with Crippen LogP contribution in [0.3, 0.4) is 0 Å². The number of rotatable bonds is 3. The summed E-state index contributed by atoms with van der Waals surface area (Å²) < 4.78 is 4.78. The van der Waals surface area contributed by atoms with Crippen molar-refractivity contribution < 1.29 is 0 Å². The van der Waals surface area contributed by atoms with Crippen LogP contribution in [0.25, 0.3) is 110 Å². The fourth-order valence-electron chi connectivity index (χ4n) is 11.2. The summed E-state index contributed by atoms with van der Waals surface area (Å²) in [4.78, 5) is 11.2.